The Labute approximate surface area is 109 Å². The molecular formula is C15H22N2O. The van der Waals surface area contributed by atoms with Gasteiger partial charge in [0.1, 0.15) is 5.75 Å². The molecule has 0 aromatic heterocycles. The maximum atomic E-state index is 5.84. The third-order valence-electron chi connectivity index (χ3n) is 3.13. The molecule has 0 fully saturated rings. The van der Waals surface area contributed by atoms with Crippen molar-refractivity contribution in [2.75, 3.05) is 25.0 Å². The number of rotatable bonds is 6. The van der Waals surface area contributed by atoms with E-state index in [-0.39, 0.29) is 0 Å². The maximum absolute atomic E-state index is 5.84. The van der Waals surface area contributed by atoms with Crippen LogP contribution in [0.15, 0.2) is 36.4 Å². The molecule has 3 N–H and O–H groups in total. The first-order valence-electron chi connectivity index (χ1n) is 6.72. The van der Waals surface area contributed by atoms with Crippen molar-refractivity contribution in [1.82, 2.24) is 0 Å². The highest BCUT2D eigenvalue weighted by Crippen LogP contribution is 2.21. The summed E-state index contributed by atoms with van der Waals surface area (Å²) in [5.74, 6) is 1.50. The molecule has 1 aliphatic rings. The molecule has 1 atom stereocenters. The van der Waals surface area contributed by atoms with Gasteiger partial charge < -0.3 is 15.8 Å². The van der Waals surface area contributed by atoms with Gasteiger partial charge in [0.25, 0.3) is 0 Å². The minimum atomic E-state index is 0.569. The molecule has 0 saturated carbocycles. The van der Waals surface area contributed by atoms with E-state index in [2.05, 4.69) is 17.5 Å². The lowest BCUT2D eigenvalue weighted by molar-refractivity contribution is 0.263. The Kier molecular flexibility index (Phi) is 5.09. The smallest absolute Gasteiger partial charge is 0.121 e. The van der Waals surface area contributed by atoms with Crippen LogP contribution in [0.4, 0.5) is 5.69 Å². The lowest BCUT2D eigenvalue weighted by Gasteiger charge is -2.17. The number of allylic oxidation sites excluding steroid dienone is 1. The number of benzene rings is 1. The highest BCUT2D eigenvalue weighted by atomic mass is 16.5. The van der Waals surface area contributed by atoms with Crippen molar-refractivity contribution in [2.45, 2.75) is 19.3 Å². The van der Waals surface area contributed by atoms with Crippen LogP contribution >= 0.6 is 0 Å². The van der Waals surface area contributed by atoms with Gasteiger partial charge in [-0.15, -0.1) is 0 Å². The predicted molar refractivity (Wildman–Crippen MR) is 76.0 cm³/mol. The van der Waals surface area contributed by atoms with Crippen LogP contribution in [0.25, 0.3) is 0 Å². The molecule has 1 unspecified atom stereocenters. The Hall–Kier alpha value is -1.48. The van der Waals surface area contributed by atoms with Crippen molar-refractivity contribution in [3.8, 4) is 5.75 Å². The number of hydrogen-bond donors (Lipinski definition) is 2. The van der Waals surface area contributed by atoms with Crippen LogP contribution in [0, 0.1) is 5.92 Å². The van der Waals surface area contributed by atoms with Gasteiger partial charge in [-0.3, -0.25) is 0 Å². The average molecular weight is 246 g/mol. The molecule has 0 saturated heterocycles. The third kappa shape index (κ3) is 4.08. The second-order valence-corrected chi connectivity index (χ2v) is 4.67. The summed E-state index contributed by atoms with van der Waals surface area (Å²) >= 11 is 0. The van der Waals surface area contributed by atoms with Crippen LogP contribution in [0.3, 0.4) is 0 Å². The molecule has 18 heavy (non-hydrogen) atoms. The molecule has 0 radical (unpaired) electrons. The molecule has 3 nitrogen and oxygen atoms in total. The Bertz CT molecular complexity index is 390. The van der Waals surface area contributed by atoms with Gasteiger partial charge in [-0.1, -0.05) is 18.2 Å². The number of hydrogen-bond acceptors (Lipinski definition) is 3. The summed E-state index contributed by atoms with van der Waals surface area (Å²) in [6.07, 6.45) is 8.27. The third-order valence-corrected chi connectivity index (χ3v) is 3.13. The van der Waals surface area contributed by atoms with Crippen LogP contribution in [-0.4, -0.2) is 19.7 Å². The van der Waals surface area contributed by atoms with Gasteiger partial charge in [0.15, 0.2) is 0 Å². The van der Waals surface area contributed by atoms with Crippen molar-refractivity contribution in [2.24, 2.45) is 11.7 Å². The van der Waals surface area contributed by atoms with Gasteiger partial charge in [0.05, 0.1) is 6.61 Å². The predicted octanol–water partition coefficient (Wildman–Crippen LogP) is 2.79. The fraction of sp³-hybridized carbons (Fsp3) is 0.467. The van der Waals surface area contributed by atoms with Crippen LogP contribution < -0.4 is 15.8 Å². The summed E-state index contributed by atoms with van der Waals surface area (Å²) in [4.78, 5) is 0. The molecule has 3 heteroatoms. The van der Waals surface area contributed by atoms with Gasteiger partial charge in [-0.05, 0) is 31.4 Å². The van der Waals surface area contributed by atoms with Crippen molar-refractivity contribution in [3.63, 3.8) is 0 Å². The van der Waals surface area contributed by atoms with Crippen molar-refractivity contribution in [3.05, 3.63) is 36.4 Å². The van der Waals surface area contributed by atoms with E-state index >= 15 is 0 Å². The van der Waals surface area contributed by atoms with Crippen molar-refractivity contribution >= 4 is 5.69 Å². The monoisotopic (exact) mass is 246 g/mol. The molecule has 0 heterocycles. The Balaban J connectivity index is 1.84. The summed E-state index contributed by atoms with van der Waals surface area (Å²) in [6, 6.07) is 8.07. The first-order chi connectivity index (χ1) is 8.88. The second kappa shape index (κ2) is 7.07. The van der Waals surface area contributed by atoms with Gasteiger partial charge >= 0.3 is 0 Å². The molecule has 1 aromatic rings. The quantitative estimate of drug-likeness (QED) is 0.759. The van der Waals surface area contributed by atoms with Crippen LogP contribution in [-0.2, 0) is 0 Å². The largest absolute Gasteiger partial charge is 0.493 e. The number of nitrogens with two attached hydrogens (primary N) is 1. The first-order valence-corrected chi connectivity index (χ1v) is 6.72. The summed E-state index contributed by atoms with van der Waals surface area (Å²) in [6.45, 7) is 2.20. The Morgan fingerprint density at radius 3 is 3.11 bits per heavy atom. The summed E-state index contributed by atoms with van der Waals surface area (Å²) in [5.41, 5.74) is 6.54. The molecule has 1 aromatic carbocycles. The number of anilines is 1. The van der Waals surface area contributed by atoms with E-state index < -0.39 is 0 Å². The topological polar surface area (TPSA) is 47.3 Å². The molecule has 1 aliphatic carbocycles. The number of ether oxygens (including phenoxy) is 1. The lowest BCUT2D eigenvalue weighted by atomic mass is 9.97. The second-order valence-electron chi connectivity index (χ2n) is 4.67. The normalized spacial score (nSPS) is 18.6. The van der Waals surface area contributed by atoms with Crippen molar-refractivity contribution < 1.29 is 4.74 Å². The Morgan fingerprint density at radius 2 is 2.33 bits per heavy atom. The highest BCUT2D eigenvalue weighted by molar-refractivity contribution is 5.48. The van der Waals surface area contributed by atoms with E-state index in [1.54, 1.807) is 0 Å². The van der Waals surface area contributed by atoms with Crippen LogP contribution in [0.1, 0.15) is 19.3 Å². The summed E-state index contributed by atoms with van der Waals surface area (Å²) in [7, 11) is 0. The molecular weight excluding hydrogens is 224 g/mol. The molecule has 0 amide bonds. The highest BCUT2D eigenvalue weighted by Gasteiger charge is 2.09. The first kappa shape index (κ1) is 13.0. The van der Waals surface area contributed by atoms with Gasteiger partial charge in [-0.2, -0.15) is 0 Å². The maximum Gasteiger partial charge on any atom is 0.121 e. The zero-order chi connectivity index (χ0) is 12.6. The molecule has 0 aliphatic heterocycles. The zero-order valence-electron chi connectivity index (χ0n) is 10.8. The van der Waals surface area contributed by atoms with E-state index in [1.165, 1.54) is 19.3 Å². The van der Waals surface area contributed by atoms with Gasteiger partial charge in [-0.25, -0.2) is 0 Å². The summed E-state index contributed by atoms with van der Waals surface area (Å²) < 4.78 is 5.84. The standard InChI is InChI=1S/C15H22N2O/c16-9-10-17-14-7-4-8-15(11-14)18-12-13-5-2-1-3-6-13/h2,4-5,7-8,11,13,17H,1,3,6,9-10,12,16H2. The van der Waals surface area contributed by atoms with Gasteiger partial charge in [0, 0.05) is 30.8 Å². The Morgan fingerprint density at radius 1 is 1.39 bits per heavy atom. The zero-order valence-corrected chi connectivity index (χ0v) is 10.8. The lowest BCUT2D eigenvalue weighted by Crippen LogP contribution is -2.13. The van der Waals surface area contributed by atoms with E-state index in [0.29, 0.717) is 12.5 Å². The number of nitrogens with one attached hydrogen (secondary N) is 1. The molecule has 2 rings (SSSR count). The van der Waals surface area contributed by atoms with Gasteiger partial charge in [0.2, 0.25) is 0 Å². The molecule has 0 spiro atoms. The van der Waals surface area contributed by atoms with E-state index in [1.807, 2.05) is 24.3 Å². The SMILES string of the molecule is NCCNc1cccc(OCC2C=CCCC2)c1. The fourth-order valence-corrected chi connectivity index (χ4v) is 2.14. The molecule has 98 valence electrons. The van der Waals surface area contributed by atoms with E-state index in [0.717, 1.165) is 24.6 Å². The minimum Gasteiger partial charge on any atom is -0.493 e. The fourth-order valence-electron chi connectivity index (χ4n) is 2.14. The van der Waals surface area contributed by atoms with Crippen LogP contribution in [0.2, 0.25) is 0 Å². The summed E-state index contributed by atoms with van der Waals surface area (Å²) in [5, 5.41) is 3.25. The molecule has 0 bridgehead atoms. The van der Waals surface area contributed by atoms with Crippen molar-refractivity contribution in [1.29, 1.82) is 0 Å². The van der Waals surface area contributed by atoms with E-state index in [4.69, 9.17) is 10.5 Å². The average Bonchev–Trinajstić information content (AvgIpc) is 2.44. The minimum absolute atomic E-state index is 0.569. The van der Waals surface area contributed by atoms with E-state index in [9.17, 15) is 0 Å². The van der Waals surface area contributed by atoms with Crippen LogP contribution in [0.5, 0.6) is 5.75 Å².